The number of aromatic nitrogens is 4. The number of aryl methyl sites for hydroxylation is 4. The molecule has 0 saturated carbocycles. The molecule has 3 rings (SSSR count). The zero-order valence-corrected chi connectivity index (χ0v) is 13.1. The lowest BCUT2D eigenvalue weighted by molar-refractivity contribution is 0.516. The number of nitrogens with zero attached hydrogens (tertiary/aromatic N) is 4. The third kappa shape index (κ3) is 2.81. The second-order valence-electron chi connectivity index (χ2n) is 5.31. The van der Waals surface area contributed by atoms with Gasteiger partial charge in [0.2, 0.25) is 0 Å². The molecule has 0 aliphatic rings. The zero-order chi connectivity index (χ0) is 14.8. The van der Waals surface area contributed by atoms with Gasteiger partial charge in [-0.05, 0) is 38.5 Å². The van der Waals surface area contributed by atoms with Crippen LogP contribution in [0.4, 0.5) is 0 Å². The van der Waals surface area contributed by atoms with Crippen molar-refractivity contribution in [2.45, 2.75) is 39.2 Å². The number of alkyl halides is 1. The molecule has 0 aliphatic heterocycles. The molecule has 21 heavy (non-hydrogen) atoms. The molecule has 0 aliphatic carbocycles. The molecule has 0 atom stereocenters. The smallest absolute Gasteiger partial charge is 0.124 e. The minimum atomic E-state index is 0.439. The summed E-state index contributed by atoms with van der Waals surface area (Å²) >= 11 is 6.03. The molecule has 110 valence electrons. The summed E-state index contributed by atoms with van der Waals surface area (Å²) in [4.78, 5) is 4.59. The summed E-state index contributed by atoms with van der Waals surface area (Å²) < 4.78 is 4.28. The van der Waals surface area contributed by atoms with Crippen LogP contribution in [0.5, 0.6) is 0 Å². The summed E-state index contributed by atoms with van der Waals surface area (Å²) in [7, 11) is 0. The summed E-state index contributed by atoms with van der Waals surface area (Å²) in [6.45, 7) is 5.93. The van der Waals surface area contributed by atoms with Gasteiger partial charge >= 0.3 is 0 Å². The Bertz CT molecular complexity index is 757. The predicted molar refractivity (Wildman–Crippen MR) is 85.6 cm³/mol. The van der Waals surface area contributed by atoms with Crippen molar-refractivity contribution in [2.75, 3.05) is 0 Å². The van der Waals surface area contributed by atoms with Crippen LogP contribution in [-0.4, -0.2) is 19.3 Å². The first-order valence-corrected chi connectivity index (χ1v) is 7.73. The molecule has 2 aromatic heterocycles. The van der Waals surface area contributed by atoms with Gasteiger partial charge in [-0.1, -0.05) is 12.1 Å². The molecule has 0 amide bonds. The predicted octanol–water partition coefficient (Wildman–Crippen LogP) is 3.68. The van der Waals surface area contributed by atoms with Gasteiger partial charge in [-0.3, -0.25) is 4.68 Å². The normalized spacial score (nSPS) is 11.4. The van der Waals surface area contributed by atoms with Gasteiger partial charge < -0.3 is 4.57 Å². The van der Waals surface area contributed by atoms with E-state index in [-0.39, 0.29) is 0 Å². The Kier molecular flexibility index (Phi) is 3.97. The molecule has 0 radical (unpaired) electrons. The van der Waals surface area contributed by atoms with Crippen molar-refractivity contribution in [3.8, 4) is 0 Å². The minimum absolute atomic E-state index is 0.439. The van der Waals surface area contributed by atoms with Crippen LogP contribution in [-0.2, 0) is 19.0 Å². The van der Waals surface area contributed by atoms with E-state index in [1.54, 1.807) is 0 Å². The van der Waals surface area contributed by atoms with E-state index in [0.717, 1.165) is 42.1 Å². The van der Waals surface area contributed by atoms with Crippen LogP contribution >= 0.6 is 11.6 Å². The van der Waals surface area contributed by atoms with Crippen molar-refractivity contribution in [1.82, 2.24) is 19.3 Å². The number of rotatable bonds is 5. The van der Waals surface area contributed by atoms with Crippen molar-refractivity contribution in [3.63, 3.8) is 0 Å². The van der Waals surface area contributed by atoms with E-state index in [0.29, 0.717) is 5.88 Å². The number of hydrogen-bond donors (Lipinski definition) is 0. The van der Waals surface area contributed by atoms with Gasteiger partial charge in [0.1, 0.15) is 5.82 Å². The molecule has 0 bridgehead atoms. The summed E-state index contributed by atoms with van der Waals surface area (Å²) in [5.41, 5.74) is 4.45. The topological polar surface area (TPSA) is 35.6 Å². The van der Waals surface area contributed by atoms with Crippen LogP contribution in [0.2, 0.25) is 0 Å². The highest BCUT2D eigenvalue weighted by Gasteiger charge is 2.09. The molecule has 0 spiro atoms. The first-order valence-electron chi connectivity index (χ1n) is 7.20. The Balaban J connectivity index is 1.77. The highest BCUT2D eigenvalue weighted by Crippen LogP contribution is 2.18. The number of benzene rings is 1. The van der Waals surface area contributed by atoms with Crippen molar-refractivity contribution < 1.29 is 0 Å². The molecular formula is C16H19ClN4. The Labute approximate surface area is 129 Å². The minimum Gasteiger partial charge on any atom is -0.327 e. The van der Waals surface area contributed by atoms with Crippen molar-refractivity contribution in [3.05, 3.63) is 47.5 Å². The van der Waals surface area contributed by atoms with Crippen LogP contribution in [0.25, 0.3) is 11.0 Å². The summed E-state index contributed by atoms with van der Waals surface area (Å²) in [6, 6.07) is 10.3. The summed E-state index contributed by atoms with van der Waals surface area (Å²) in [5.74, 6) is 1.38. The molecule has 1 aromatic carbocycles. The average molecular weight is 303 g/mol. The second-order valence-corrected chi connectivity index (χ2v) is 5.57. The molecule has 0 N–H and O–H groups in total. The Hall–Kier alpha value is -1.81. The van der Waals surface area contributed by atoms with Crippen LogP contribution < -0.4 is 0 Å². The van der Waals surface area contributed by atoms with Gasteiger partial charge in [0, 0.05) is 18.8 Å². The van der Waals surface area contributed by atoms with E-state index in [1.165, 1.54) is 5.69 Å². The lowest BCUT2D eigenvalue weighted by Crippen LogP contribution is -2.08. The van der Waals surface area contributed by atoms with Gasteiger partial charge in [-0.25, -0.2) is 4.98 Å². The molecule has 5 heteroatoms. The van der Waals surface area contributed by atoms with Crippen LogP contribution in [0.1, 0.15) is 23.6 Å². The number of halogens is 1. The molecule has 0 unspecified atom stereocenters. The van der Waals surface area contributed by atoms with Crippen LogP contribution in [0, 0.1) is 13.8 Å². The van der Waals surface area contributed by atoms with Crippen LogP contribution in [0.3, 0.4) is 0 Å². The first kappa shape index (κ1) is 14.1. The molecule has 2 heterocycles. The van der Waals surface area contributed by atoms with Crippen LogP contribution in [0.15, 0.2) is 30.3 Å². The number of hydrogen-bond acceptors (Lipinski definition) is 2. The van der Waals surface area contributed by atoms with E-state index >= 15 is 0 Å². The lowest BCUT2D eigenvalue weighted by Gasteiger charge is -2.09. The maximum absolute atomic E-state index is 6.03. The molecule has 0 fully saturated rings. The van der Waals surface area contributed by atoms with E-state index in [2.05, 4.69) is 38.4 Å². The van der Waals surface area contributed by atoms with E-state index in [1.807, 2.05) is 25.1 Å². The largest absolute Gasteiger partial charge is 0.327 e. The van der Waals surface area contributed by atoms with Crippen molar-refractivity contribution in [1.29, 1.82) is 0 Å². The first-order chi connectivity index (χ1) is 10.2. The van der Waals surface area contributed by atoms with Gasteiger partial charge in [-0.2, -0.15) is 5.10 Å². The highest BCUT2D eigenvalue weighted by molar-refractivity contribution is 6.16. The Morgan fingerprint density at radius 3 is 2.67 bits per heavy atom. The Morgan fingerprint density at radius 1 is 1.14 bits per heavy atom. The third-order valence-electron chi connectivity index (χ3n) is 3.71. The fourth-order valence-electron chi connectivity index (χ4n) is 2.76. The zero-order valence-electron chi connectivity index (χ0n) is 12.4. The maximum Gasteiger partial charge on any atom is 0.124 e. The van der Waals surface area contributed by atoms with Gasteiger partial charge in [0.05, 0.1) is 22.6 Å². The standard InChI is InChI=1S/C16H19ClN4/c1-12-10-13(2)21(19-12)9-5-8-20-15-7-4-3-6-14(15)18-16(20)11-17/h3-4,6-7,10H,5,8-9,11H2,1-2H3. The van der Waals surface area contributed by atoms with Gasteiger partial charge in [0.15, 0.2) is 0 Å². The van der Waals surface area contributed by atoms with Gasteiger partial charge in [-0.15, -0.1) is 11.6 Å². The number of fused-ring (bicyclic) bond motifs is 1. The SMILES string of the molecule is Cc1cc(C)n(CCCn2c(CCl)nc3ccccc32)n1. The number of para-hydroxylation sites is 2. The summed E-state index contributed by atoms with van der Waals surface area (Å²) in [6.07, 6.45) is 1.01. The number of imidazole rings is 1. The Morgan fingerprint density at radius 2 is 1.95 bits per heavy atom. The highest BCUT2D eigenvalue weighted by atomic mass is 35.5. The average Bonchev–Trinajstić information content (AvgIpc) is 2.99. The molecule has 4 nitrogen and oxygen atoms in total. The van der Waals surface area contributed by atoms with Crippen molar-refractivity contribution in [2.24, 2.45) is 0 Å². The van der Waals surface area contributed by atoms with E-state index in [9.17, 15) is 0 Å². The molecule has 0 saturated heterocycles. The quantitative estimate of drug-likeness (QED) is 0.674. The van der Waals surface area contributed by atoms with Gasteiger partial charge in [0.25, 0.3) is 0 Å². The van der Waals surface area contributed by atoms with Crippen molar-refractivity contribution >= 4 is 22.6 Å². The monoisotopic (exact) mass is 302 g/mol. The fourth-order valence-corrected chi connectivity index (χ4v) is 2.96. The lowest BCUT2D eigenvalue weighted by atomic mass is 10.3. The molecular weight excluding hydrogens is 284 g/mol. The maximum atomic E-state index is 6.03. The summed E-state index contributed by atoms with van der Waals surface area (Å²) in [5, 5.41) is 4.50. The third-order valence-corrected chi connectivity index (χ3v) is 3.95. The molecule has 3 aromatic rings. The fraction of sp³-hybridized carbons (Fsp3) is 0.375. The van der Waals surface area contributed by atoms with E-state index < -0.39 is 0 Å². The van der Waals surface area contributed by atoms with E-state index in [4.69, 9.17) is 11.6 Å². The second kappa shape index (κ2) is 5.90.